The lowest BCUT2D eigenvalue weighted by Crippen LogP contribution is -2.00. The van der Waals surface area contributed by atoms with Gasteiger partial charge >= 0.3 is 0 Å². The normalized spacial score (nSPS) is 10.3. The van der Waals surface area contributed by atoms with E-state index in [-0.39, 0.29) is 11.7 Å². The summed E-state index contributed by atoms with van der Waals surface area (Å²) in [5, 5.41) is 0. The van der Waals surface area contributed by atoms with Gasteiger partial charge in [-0.2, -0.15) is 0 Å². The molecule has 0 spiro atoms. The number of ether oxygens (including phenoxy) is 1. The van der Waals surface area contributed by atoms with Crippen LogP contribution < -0.4 is 4.74 Å². The van der Waals surface area contributed by atoms with Gasteiger partial charge in [-0.3, -0.25) is 4.79 Å². The average Bonchev–Trinajstić information content (AvgIpc) is 3.05. The first-order chi connectivity index (χ1) is 10.3. The van der Waals surface area contributed by atoms with Gasteiger partial charge in [0.05, 0.1) is 13.3 Å². The highest BCUT2D eigenvalue weighted by molar-refractivity contribution is 6.06. The molecule has 0 aliphatic rings. The van der Waals surface area contributed by atoms with Crippen LogP contribution in [0.1, 0.15) is 16.2 Å². The molecule has 4 heteroatoms. The van der Waals surface area contributed by atoms with Gasteiger partial charge in [0, 0.05) is 11.1 Å². The summed E-state index contributed by atoms with van der Waals surface area (Å²) >= 11 is 0. The van der Waals surface area contributed by atoms with Crippen molar-refractivity contribution in [3.05, 3.63) is 72.2 Å². The summed E-state index contributed by atoms with van der Waals surface area (Å²) < 4.78 is 10.7. The fraction of sp³-hybridized carbons (Fsp3) is 0.0588. The topological polar surface area (TPSA) is 52.3 Å². The SMILES string of the molecule is COc1ccc(-c2cnc(C(=O)c3ccccc3)o2)cc1. The second-order valence-electron chi connectivity index (χ2n) is 4.45. The third-order valence-corrected chi connectivity index (χ3v) is 3.11. The second-order valence-corrected chi connectivity index (χ2v) is 4.45. The molecule has 3 aromatic rings. The minimum Gasteiger partial charge on any atom is -0.497 e. The van der Waals surface area contributed by atoms with Crippen molar-refractivity contribution in [3.63, 3.8) is 0 Å². The minimum absolute atomic E-state index is 0.0898. The third kappa shape index (κ3) is 2.69. The molecule has 0 bridgehead atoms. The van der Waals surface area contributed by atoms with E-state index in [9.17, 15) is 4.79 Å². The number of aromatic nitrogens is 1. The van der Waals surface area contributed by atoms with E-state index in [4.69, 9.17) is 9.15 Å². The number of benzene rings is 2. The number of carbonyl (C=O) groups is 1. The molecule has 1 heterocycles. The predicted molar refractivity (Wildman–Crippen MR) is 78.4 cm³/mol. The molecular formula is C17H13NO3. The molecule has 0 atom stereocenters. The van der Waals surface area contributed by atoms with Gasteiger partial charge in [0.25, 0.3) is 5.89 Å². The zero-order valence-corrected chi connectivity index (χ0v) is 11.4. The van der Waals surface area contributed by atoms with E-state index in [1.165, 1.54) is 0 Å². The molecule has 0 saturated heterocycles. The van der Waals surface area contributed by atoms with E-state index in [0.717, 1.165) is 11.3 Å². The van der Waals surface area contributed by atoms with Crippen molar-refractivity contribution in [3.8, 4) is 17.1 Å². The van der Waals surface area contributed by atoms with Crippen molar-refractivity contribution < 1.29 is 13.9 Å². The summed E-state index contributed by atoms with van der Waals surface area (Å²) in [5.74, 6) is 1.18. The van der Waals surface area contributed by atoms with Crippen LogP contribution in [0.25, 0.3) is 11.3 Å². The Labute approximate surface area is 122 Å². The molecule has 21 heavy (non-hydrogen) atoms. The molecule has 3 rings (SSSR count). The molecule has 104 valence electrons. The van der Waals surface area contributed by atoms with Gasteiger partial charge in [-0.15, -0.1) is 0 Å². The summed E-state index contributed by atoms with van der Waals surface area (Å²) in [4.78, 5) is 16.3. The number of ketones is 1. The Bertz CT molecular complexity index is 745. The van der Waals surface area contributed by atoms with E-state index in [0.29, 0.717) is 11.3 Å². The highest BCUT2D eigenvalue weighted by Gasteiger charge is 2.15. The minimum atomic E-state index is -0.227. The van der Waals surface area contributed by atoms with Crippen molar-refractivity contribution >= 4 is 5.78 Å². The fourth-order valence-corrected chi connectivity index (χ4v) is 1.98. The Kier molecular flexibility index (Phi) is 3.51. The van der Waals surface area contributed by atoms with E-state index in [1.54, 1.807) is 37.6 Å². The van der Waals surface area contributed by atoms with Crippen molar-refractivity contribution in [2.45, 2.75) is 0 Å². The summed E-state index contributed by atoms with van der Waals surface area (Å²) in [6.45, 7) is 0. The lowest BCUT2D eigenvalue weighted by molar-refractivity contribution is 0.100. The summed E-state index contributed by atoms with van der Waals surface area (Å²) in [7, 11) is 1.61. The van der Waals surface area contributed by atoms with Crippen LogP contribution in [0.3, 0.4) is 0 Å². The zero-order chi connectivity index (χ0) is 14.7. The third-order valence-electron chi connectivity index (χ3n) is 3.11. The van der Waals surface area contributed by atoms with Gasteiger partial charge in [-0.25, -0.2) is 4.98 Å². The van der Waals surface area contributed by atoms with Gasteiger partial charge in [-0.1, -0.05) is 30.3 Å². The van der Waals surface area contributed by atoms with Crippen LogP contribution in [-0.4, -0.2) is 17.9 Å². The van der Waals surface area contributed by atoms with Crippen LogP contribution in [0.4, 0.5) is 0 Å². The van der Waals surface area contributed by atoms with Gasteiger partial charge in [0.1, 0.15) is 5.75 Å². The first-order valence-electron chi connectivity index (χ1n) is 6.48. The van der Waals surface area contributed by atoms with Crippen molar-refractivity contribution in [2.24, 2.45) is 0 Å². The van der Waals surface area contributed by atoms with Crippen LogP contribution >= 0.6 is 0 Å². The Balaban J connectivity index is 1.87. The maximum Gasteiger partial charge on any atom is 0.268 e. The molecule has 0 aliphatic heterocycles. The highest BCUT2D eigenvalue weighted by atomic mass is 16.5. The standard InChI is InChI=1S/C17H13NO3/c1-20-14-9-7-12(8-10-14)15-11-18-17(21-15)16(19)13-5-3-2-4-6-13/h2-11H,1H3. The molecule has 4 nitrogen and oxygen atoms in total. The van der Waals surface area contributed by atoms with Gasteiger partial charge < -0.3 is 9.15 Å². The lowest BCUT2D eigenvalue weighted by atomic mass is 10.1. The van der Waals surface area contributed by atoms with Crippen LogP contribution in [0.5, 0.6) is 5.75 Å². The van der Waals surface area contributed by atoms with E-state index in [2.05, 4.69) is 4.98 Å². The van der Waals surface area contributed by atoms with Gasteiger partial charge in [0.15, 0.2) is 5.76 Å². The maximum absolute atomic E-state index is 12.2. The number of hydrogen-bond donors (Lipinski definition) is 0. The molecule has 1 aromatic heterocycles. The predicted octanol–water partition coefficient (Wildman–Crippen LogP) is 3.58. The largest absolute Gasteiger partial charge is 0.497 e. The second kappa shape index (κ2) is 5.63. The lowest BCUT2D eigenvalue weighted by Gasteiger charge is -2.00. The van der Waals surface area contributed by atoms with Gasteiger partial charge in [0.2, 0.25) is 5.78 Å². The average molecular weight is 279 g/mol. The quantitative estimate of drug-likeness (QED) is 0.685. The maximum atomic E-state index is 12.2. The Morgan fingerprint density at radius 2 is 1.76 bits per heavy atom. The Morgan fingerprint density at radius 1 is 1.05 bits per heavy atom. The number of hydrogen-bond acceptors (Lipinski definition) is 4. The highest BCUT2D eigenvalue weighted by Crippen LogP contribution is 2.23. The molecule has 0 saturated carbocycles. The first-order valence-corrected chi connectivity index (χ1v) is 6.48. The van der Waals surface area contributed by atoms with E-state index in [1.807, 2.05) is 30.3 Å². The van der Waals surface area contributed by atoms with Crippen molar-refractivity contribution in [1.29, 1.82) is 0 Å². The number of oxazole rings is 1. The smallest absolute Gasteiger partial charge is 0.268 e. The molecule has 0 radical (unpaired) electrons. The van der Waals surface area contributed by atoms with Crippen molar-refractivity contribution in [1.82, 2.24) is 4.98 Å². The van der Waals surface area contributed by atoms with Crippen LogP contribution in [0, 0.1) is 0 Å². The van der Waals surface area contributed by atoms with Crippen molar-refractivity contribution in [2.75, 3.05) is 7.11 Å². The van der Waals surface area contributed by atoms with E-state index >= 15 is 0 Å². The Hall–Kier alpha value is -2.88. The van der Waals surface area contributed by atoms with Crippen LogP contribution in [0.2, 0.25) is 0 Å². The number of methoxy groups -OCH3 is 1. The first kappa shape index (κ1) is 13.1. The number of nitrogens with zero attached hydrogens (tertiary/aromatic N) is 1. The summed E-state index contributed by atoms with van der Waals surface area (Å²) in [6.07, 6.45) is 1.55. The molecule has 0 N–H and O–H groups in total. The monoisotopic (exact) mass is 279 g/mol. The summed E-state index contributed by atoms with van der Waals surface area (Å²) in [5.41, 5.74) is 1.40. The Morgan fingerprint density at radius 3 is 2.43 bits per heavy atom. The van der Waals surface area contributed by atoms with Crippen LogP contribution in [-0.2, 0) is 0 Å². The molecule has 0 amide bonds. The number of rotatable bonds is 4. The molecule has 0 unspecified atom stereocenters. The number of carbonyl (C=O) groups excluding carboxylic acids is 1. The summed E-state index contributed by atoms with van der Waals surface area (Å²) in [6, 6.07) is 16.3. The molecule has 0 fully saturated rings. The molecule has 2 aromatic carbocycles. The van der Waals surface area contributed by atoms with E-state index < -0.39 is 0 Å². The van der Waals surface area contributed by atoms with Gasteiger partial charge in [-0.05, 0) is 24.3 Å². The van der Waals surface area contributed by atoms with Crippen LogP contribution in [0.15, 0.2) is 65.2 Å². The zero-order valence-electron chi connectivity index (χ0n) is 11.4. The molecule has 0 aliphatic carbocycles. The molecular weight excluding hydrogens is 266 g/mol. The fourth-order valence-electron chi connectivity index (χ4n) is 1.98.